The van der Waals surface area contributed by atoms with Gasteiger partial charge in [-0.2, -0.15) is 0 Å². The first-order chi connectivity index (χ1) is 10.1. The molecule has 0 saturated heterocycles. The Morgan fingerprint density at radius 1 is 1.10 bits per heavy atom. The molecule has 1 aliphatic rings. The molecule has 1 aliphatic carbocycles. The topological polar surface area (TPSA) is 15.3 Å². The van der Waals surface area contributed by atoms with Gasteiger partial charge < -0.3 is 10.2 Å². The Morgan fingerprint density at radius 3 is 2.48 bits per heavy atom. The van der Waals surface area contributed by atoms with E-state index in [9.17, 15) is 0 Å². The standard InChI is InChI=1S/C19H40N2/c1-6-9-16(4)21(5)15-18-14-17(10-7-2)11-12-19(18)20-13-8-3/h16-20H,6-15H2,1-5H3. The quantitative estimate of drug-likeness (QED) is 0.629. The maximum absolute atomic E-state index is 3.83. The second-order valence-corrected chi connectivity index (χ2v) is 7.37. The first-order valence-electron chi connectivity index (χ1n) is 9.55. The molecular formula is C19H40N2. The summed E-state index contributed by atoms with van der Waals surface area (Å²) in [5.41, 5.74) is 0. The highest BCUT2D eigenvalue weighted by Gasteiger charge is 2.30. The van der Waals surface area contributed by atoms with Gasteiger partial charge in [-0.05, 0) is 64.5 Å². The zero-order valence-electron chi connectivity index (χ0n) is 15.3. The molecule has 0 aromatic rings. The lowest BCUT2D eigenvalue weighted by atomic mass is 9.76. The van der Waals surface area contributed by atoms with Crippen LogP contribution in [0.15, 0.2) is 0 Å². The van der Waals surface area contributed by atoms with Crippen molar-refractivity contribution in [1.29, 1.82) is 0 Å². The lowest BCUT2D eigenvalue weighted by molar-refractivity contribution is 0.127. The van der Waals surface area contributed by atoms with Crippen molar-refractivity contribution < 1.29 is 0 Å². The van der Waals surface area contributed by atoms with Gasteiger partial charge in [-0.3, -0.25) is 0 Å². The minimum Gasteiger partial charge on any atom is -0.314 e. The van der Waals surface area contributed by atoms with Crippen molar-refractivity contribution in [3.8, 4) is 0 Å². The lowest BCUT2D eigenvalue weighted by Gasteiger charge is -2.40. The van der Waals surface area contributed by atoms with Gasteiger partial charge in [0.05, 0.1) is 0 Å². The fourth-order valence-corrected chi connectivity index (χ4v) is 4.02. The molecular weight excluding hydrogens is 256 g/mol. The highest BCUT2D eigenvalue weighted by Crippen LogP contribution is 2.33. The Kier molecular flexibility index (Phi) is 9.59. The van der Waals surface area contributed by atoms with E-state index >= 15 is 0 Å². The van der Waals surface area contributed by atoms with Crippen molar-refractivity contribution in [2.24, 2.45) is 11.8 Å². The third-order valence-corrected chi connectivity index (χ3v) is 5.43. The summed E-state index contributed by atoms with van der Waals surface area (Å²) in [5, 5.41) is 3.83. The molecule has 0 spiro atoms. The predicted molar refractivity (Wildman–Crippen MR) is 94.8 cm³/mol. The molecule has 2 heteroatoms. The monoisotopic (exact) mass is 296 g/mol. The zero-order valence-corrected chi connectivity index (χ0v) is 15.3. The Balaban J connectivity index is 2.55. The number of rotatable bonds is 10. The van der Waals surface area contributed by atoms with Gasteiger partial charge in [0.15, 0.2) is 0 Å². The van der Waals surface area contributed by atoms with E-state index in [-0.39, 0.29) is 0 Å². The minimum atomic E-state index is 0.730. The summed E-state index contributed by atoms with van der Waals surface area (Å²) < 4.78 is 0. The summed E-state index contributed by atoms with van der Waals surface area (Å²) in [7, 11) is 2.33. The van der Waals surface area contributed by atoms with Crippen molar-refractivity contribution in [2.45, 2.75) is 91.1 Å². The van der Waals surface area contributed by atoms with Crippen LogP contribution in [0.1, 0.15) is 79.1 Å². The molecule has 2 nitrogen and oxygen atoms in total. The molecule has 0 aliphatic heterocycles. The summed E-state index contributed by atoms with van der Waals surface area (Å²) in [4.78, 5) is 2.61. The molecule has 0 amide bonds. The first kappa shape index (κ1) is 19.0. The van der Waals surface area contributed by atoms with Gasteiger partial charge >= 0.3 is 0 Å². The summed E-state index contributed by atoms with van der Waals surface area (Å²) in [6, 6.07) is 1.49. The van der Waals surface area contributed by atoms with E-state index < -0.39 is 0 Å². The third kappa shape index (κ3) is 6.69. The fourth-order valence-electron chi connectivity index (χ4n) is 4.02. The van der Waals surface area contributed by atoms with Crippen molar-refractivity contribution in [2.75, 3.05) is 20.1 Å². The average Bonchev–Trinajstić information content (AvgIpc) is 2.47. The molecule has 0 bridgehead atoms. The third-order valence-electron chi connectivity index (χ3n) is 5.43. The molecule has 0 radical (unpaired) electrons. The largest absolute Gasteiger partial charge is 0.314 e. The van der Waals surface area contributed by atoms with E-state index in [1.165, 1.54) is 64.5 Å². The summed E-state index contributed by atoms with van der Waals surface area (Å²) >= 11 is 0. The average molecular weight is 297 g/mol. The van der Waals surface area contributed by atoms with E-state index in [0.717, 1.165) is 23.9 Å². The molecule has 4 unspecified atom stereocenters. The van der Waals surface area contributed by atoms with Crippen molar-refractivity contribution >= 4 is 0 Å². The van der Waals surface area contributed by atoms with Crippen LogP contribution in [0.5, 0.6) is 0 Å². The van der Waals surface area contributed by atoms with Crippen LogP contribution < -0.4 is 5.32 Å². The number of hydrogen-bond donors (Lipinski definition) is 1. The molecule has 1 N–H and O–H groups in total. The van der Waals surface area contributed by atoms with Crippen LogP contribution in [0.4, 0.5) is 0 Å². The van der Waals surface area contributed by atoms with Gasteiger partial charge in [-0.25, -0.2) is 0 Å². The maximum Gasteiger partial charge on any atom is 0.0108 e. The van der Waals surface area contributed by atoms with E-state index in [1.54, 1.807) is 0 Å². The van der Waals surface area contributed by atoms with Gasteiger partial charge in [0.2, 0.25) is 0 Å². The summed E-state index contributed by atoms with van der Waals surface area (Å²) in [5.74, 6) is 1.83. The summed E-state index contributed by atoms with van der Waals surface area (Å²) in [6.45, 7) is 11.8. The molecule has 0 aromatic carbocycles. The Hall–Kier alpha value is -0.0800. The number of hydrogen-bond acceptors (Lipinski definition) is 2. The predicted octanol–water partition coefficient (Wildman–Crippen LogP) is 4.69. The Labute approximate surface area is 134 Å². The van der Waals surface area contributed by atoms with Crippen molar-refractivity contribution in [3.05, 3.63) is 0 Å². The Bertz CT molecular complexity index is 254. The molecule has 21 heavy (non-hydrogen) atoms. The van der Waals surface area contributed by atoms with Crippen LogP contribution in [0, 0.1) is 11.8 Å². The van der Waals surface area contributed by atoms with Gasteiger partial charge in [0.25, 0.3) is 0 Å². The highest BCUT2D eigenvalue weighted by atomic mass is 15.1. The second-order valence-electron chi connectivity index (χ2n) is 7.37. The molecule has 0 heterocycles. The molecule has 126 valence electrons. The first-order valence-corrected chi connectivity index (χ1v) is 9.55. The highest BCUT2D eigenvalue weighted by molar-refractivity contribution is 4.87. The van der Waals surface area contributed by atoms with Crippen molar-refractivity contribution in [1.82, 2.24) is 10.2 Å². The number of nitrogens with zero attached hydrogens (tertiary/aromatic N) is 1. The van der Waals surface area contributed by atoms with Gasteiger partial charge in [-0.15, -0.1) is 0 Å². The molecule has 1 rings (SSSR count). The van der Waals surface area contributed by atoms with Crippen LogP contribution in [-0.4, -0.2) is 37.1 Å². The van der Waals surface area contributed by atoms with E-state index in [1.807, 2.05) is 0 Å². The SMILES string of the molecule is CCCNC1CCC(CCC)CC1CN(C)C(C)CCC. The smallest absolute Gasteiger partial charge is 0.0108 e. The van der Waals surface area contributed by atoms with Gasteiger partial charge in [0.1, 0.15) is 0 Å². The van der Waals surface area contributed by atoms with Gasteiger partial charge in [0, 0.05) is 18.6 Å². The van der Waals surface area contributed by atoms with E-state index in [2.05, 4.69) is 45.0 Å². The van der Waals surface area contributed by atoms with Gasteiger partial charge in [-0.1, -0.05) is 40.0 Å². The fraction of sp³-hybridized carbons (Fsp3) is 1.00. The zero-order chi connectivity index (χ0) is 15.7. The molecule has 1 saturated carbocycles. The van der Waals surface area contributed by atoms with Crippen LogP contribution in [0.2, 0.25) is 0 Å². The van der Waals surface area contributed by atoms with Crippen LogP contribution in [0.25, 0.3) is 0 Å². The maximum atomic E-state index is 3.83. The number of nitrogens with one attached hydrogen (secondary N) is 1. The molecule has 0 aromatic heterocycles. The molecule has 1 fully saturated rings. The minimum absolute atomic E-state index is 0.730. The van der Waals surface area contributed by atoms with E-state index in [0.29, 0.717) is 0 Å². The summed E-state index contributed by atoms with van der Waals surface area (Å²) in [6.07, 6.45) is 11.0. The Morgan fingerprint density at radius 2 is 1.86 bits per heavy atom. The second kappa shape index (κ2) is 10.6. The lowest BCUT2D eigenvalue weighted by Crippen LogP contribution is -2.46. The van der Waals surface area contributed by atoms with Crippen LogP contribution >= 0.6 is 0 Å². The van der Waals surface area contributed by atoms with E-state index in [4.69, 9.17) is 0 Å². The molecule has 4 atom stereocenters. The normalized spacial score (nSPS) is 28.0. The van der Waals surface area contributed by atoms with Crippen molar-refractivity contribution in [3.63, 3.8) is 0 Å². The van der Waals surface area contributed by atoms with Crippen LogP contribution in [0.3, 0.4) is 0 Å². The van der Waals surface area contributed by atoms with Crippen LogP contribution in [-0.2, 0) is 0 Å².